The molecule has 0 radical (unpaired) electrons. The third-order valence-electron chi connectivity index (χ3n) is 11.1. The number of hydrogen-bond acceptors (Lipinski definition) is 5. The molecule has 2 saturated carbocycles. The molecule has 0 saturated heterocycles. The number of benzene rings is 5. The van der Waals surface area contributed by atoms with Gasteiger partial charge in [-0.05, 0) is 84.6 Å². The Morgan fingerprint density at radius 3 is 1.86 bits per heavy atom. The standard InChI is InChI=1S/C45H38N4O/c1-28-21-31-22-29(2)25-45(24-28,26-31)36-18-16-35(17-19-36)44-48-42(33-7-4-3-5-8-33)47-43(49-44)34-14-12-32(13-15-34)37-9-6-10-38-39-23-30(27-46)11-20-40(39)50-41(37)38/h3-20,23,28-29,31H,21-22,24-26H2,1-2H3/t28-,29+,31?,45?. The Kier molecular flexibility index (Phi) is 7.35. The van der Waals surface area contributed by atoms with Crippen molar-refractivity contribution in [1.82, 2.24) is 15.0 Å². The van der Waals surface area contributed by atoms with Crippen molar-refractivity contribution in [1.29, 1.82) is 5.26 Å². The molecule has 2 unspecified atom stereocenters. The van der Waals surface area contributed by atoms with Gasteiger partial charge in [0.2, 0.25) is 0 Å². The minimum atomic E-state index is 0.284. The zero-order valence-electron chi connectivity index (χ0n) is 28.4. The van der Waals surface area contributed by atoms with E-state index >= 15 is 0 Å². The van der Waals surface area contributed by atoms with E-state index in [-0.39, 0.29) is 5.41 Å². The van der Waals surface area contributed by atoms with E-state index in [0.717, 1.165) is 67.5 Å². The zero-order chi connectivity index (χ0) is 33.8. The maximum absolute atomic E-state index is 9.43. The molecular weight excluding hydrogens is 613 g/mol. The van der Waals surface area contributed by atoms with Crippen LogP contribution in [0.25, 0.3) is 67.2 Å². The second-order valence-corrected chi connectivity index (χ2v) is 14.9. The molecule has 0 N–H and O–H groups in total. The Morgan fingerprint density at radius 2 is 1.22 bits per heavy atom. The van der Waals surface area contributed by atoms with E-state index in [1.54, 1.807) is 6.07 Å². The van der Waals surface area contributed by atoms with Crippen molar-refractivity contribution in [3.63, 3.8) is 0 Å². The molecule has 7 aromatic rings. The minimum absolute atomic E-state index is 0.284. The fourth-order valence-corrected chi connectivity index (χ4v) is 9.28. The average Bonchev–Trinajstić information content (AvgIpc) is 3.53. The average molecular weight is 651 g/mol. The summed E-state index contributed by atoms with van der Waals surface area (Å²) in [5, 5.41) is 11.4. The van der Waals surface area contributed by atoms with Gasteiger partial charge >= 0.3 is 0 Å². The number of para-hydroxylation sites is 1. The third-order valence-corrected chi connectivity index (χ3v) is 11.1. The minimum Gasteiger partial charge on any atom is -0.455 e. The molecule has 2 fully saturated rings. The second-order valence-electron chi connectivity index (χ2n) is 14.9. The Morgan fingerprint density at radius 1 is 0.620 bits per heavy atom. The molecule has 2 aromatic heterocycles. The number of fused-ring (bicyclic) bond motifs is 5. The quantitative estimate of drug-likeness (QED) is 0.185. The summed E-state index contributed by atoms with van der Waals surface area (Å²) in [6.07, 6.45) is 6.63. The summed E-state index contributed by atoms with van der Waals surface area (Å²) >= 11 is 0. The van der Waals surface area contributed by atoms with Crippen LogP contribution in [0.4, 0.5) is 0 Å². The molecule has 50 heavy (non-hydrogen) atoms. The Bertz CT molecular complexity index is 2380. The van der Waals surface area contributed by atoms with Crippen molar-refractivity contribution in [2.24, 2.45) is 17.8 Å². The van der Waals surface area contributed by atoms with Gasteiger partial charge in [0.05, 0.1) is 11.6 Å². The molecule has 244 valence electrons. The van der Waals surface area contributed by atoms with Crippen LogP contribution in [0.3, 0.4) is 0 Å². The fraction of sp³-hybridized carbons (Fsp3) is 0.244. The molecule has 5 aromatic carbocycles. The molecule has 2 aliphatic carbocycles. The van der Waals surface area contributed by atoms with Crippen LogP contribution in [-0.2, 0) is 5.41 Å². The largest absolute Gasteiger partial charge is 0.455 e. The summed E-state index contributed by atoms with van der Waals surface area (Å²) in [6.45, 7) is 4.89. The van der Waals surface area contributed by atoms with Crippen molar-refractivity contribution >= 4 is 21.9 Å². The molecule has 2 bridgehead atoms. The van der Waals surface area contributed by atoms with Gasteiger partial charge in [0.25, 0.3) is 0 Å². The molecule has 9 rings (SSSR count). The summed E-state index contributed by atoms with van der Waals surface area (Å²) in [5.74, 6) is 4.37. The third kappa shape index (κ3) is 5.36. The van der Waals surface area contributed by atoms with Crippen LogP contribution in [0, 0.1) is 29.1 Å². The summed E-state index contributed by atoms with van der Waals surface area (Å²) < 4.78 is 6.32. The first-order valence-electron chi connectivity index (χ1n) is 17.8. The number of aromatic nitrogens is 3. The van der Waals surface area contributed by atoms with Crippen LogP contribution in [-0.4, -0.2) is 15.0 Å². The molecule has 2 aliphatic rings. The maximum Gasteiger partial charge on any atom is 0.164 e. The molecule has 0 aliphatic heterocycles. The highest BCUT2D eigenvalue weighted by Crippen LogP contribution is 2.54. The van der Waals surface area contributed by atoms with Crippen molar-refractivity contribution in [3.05, 3.63) is 126 Å². The summed E-state index contributed by atoms with van der Waals surface area (Å²) in [5.41, 5.74) is 8.86. The lowest BCUT2D eigenvalue weighted by Gasteiger charge is -2.50. The normalized spacial score (nSPS) is 21.7. The van der Waals surface area contributed by atoms with Crippen LogP contribution in [0.2, 0.25) is 0 Å². The first kappa shape index (κ1) is 30.5. The molecule has 5 heteroatoms. The Labute approximate surface area is 292 Å². The number of hydrogen-bond donors (Lipinski definition) is 0. The highest BCUT2D eigenvalue weighted by molar-refractivity contribution is 6.09. The van der Waals surface area contributed by atoms with Gasteiger partial charge in [-0.25, -0.2) is 15.0 Å². The van der Waals surface area contributed by atoms with Gasteiger partial charge in [0.1, 0.15) is 11.2 Å². The van der Waals surface area contributed by atoms with Crippen LogP contribution < -0.4 is 0 Å². The summed E-state index contributed by atoms with van der Waals surface area (Å²) in [4.78, 5) is 15.0. The molecule has 0 spiro atoms. The smallest absolute Gasteiger partial charge is 0.164 e. The highest BCUT2D eigenvalue weighted by atomic mass is 16.3. The maximum atomic E-state index is 9.43. The first-order valence-corrected chi connectivity index (χ1v) is 17.8. The van der Waals surface area contributed by atoms with Gasteiger partial charge in [-0.15, -0.1) is 0 Å². The topological polar surface area (TPSA) is 75.6 Å². The van der Waals surface area contributed by atoms with Gasteiger partial charge in [-0.2, -0.15) is 5.26 Å². The molecule has 2 heterocycles. The van der Waals surface area contributed by atoms with Crippen LogP contribution in [0.15, 0.2) is 120 Å². The second kappa shape index (κ2) is 12.1. The van der Waals surface area contributed by atoms with Crippen molar-refractivity contribution in [2.45, 2.75) is 51.4 Å². The predicted molar refractivity (Wildman–Crippen MR) is 200 cm³/mol. The van der Waals surface area contributed by atoms with E-state index in [0.29, 0.717) is 23.0 Å². The van der Waals surface area contributed by atoms with Gasteiger partial charge < -0.3 is 4.42 Å². The number of rotatable bonds is 5. The van der Waals surface area contributed by atoms with Crippen molar-refractivity contribution in [3.8, 4) is 51.4 Å². The predicted octanol–water partition coefficient (Wildman–Crippen LogP) is 11.4. The first-order chi connectivity index (χ1) is 24.4. The van der Waals surface area contributed by atoms with Gasteiger partial charge in [0, 0.05) is 33.0 Å². The number of furan rings is 1. The van der Waals surface area contributed by atoms with Crippen LogP contribution >= 0.6 is 0 Å². The van der Waals surface area contributed by atoms with Crippen LogP contribution in [0.5, 0.6) is 0 Å². The van der Waals surface area contributed by atoms with Gasteiger partial charge in [0.15, 0.2) is 17.5 Å². The summed E-state index contributed by atoms with van der Waals surface area (Å²) in [7, 11) is 0. The SMILES string of the molecule is C[C@@H]1CC2C[C@H](C)CC(c3ccc(-c4nc(-c5ccccc5)nc(-c5ccc(-c6cccc7c6oc6ccc(C#N)cc67)cc5)n4)cc3)(C2)C1. The molecule has 4 atom stereocenters. The van der Waals surface area contributed by atoms with E-state index < -0.39 is 0 Å². The van der Waals surface area contributed by atoms with Crippen molar-refractivity contribution < 1.29 is 4.42 Å². The van der Waals surface area contributed by atoms with Crippen LogP contribution in [0.1, 0.15) is 57.1 Å². The monoisotopic (exact) mass is 650 g/mol. The van der Waals surface area contributed by atoms with E-state index in [1.807, 2.05) is 54.6 Å². The van der Waals surface area contributed by atoms with E-state index in [1.165, 1.54) is 37.7 Å². The Balaban J connectivity index is 1.08. The Hall–Kier alpha value is -5.60. The molecule has 0 amide bonds. The van der Waals surface area contributed by atoms with Gasteiger partial charge in [-0.3, -0.25) is 0 Å². The van der Waals surface area contributed by atoms with E-state index in [9.17, 15) is 5.26 Å². The van der Waals surface area contributed by atoms with Crippen molar-refractivity contribution in [2.75, 3.05) is 0 Å². The summed E-state index contributed by atoms with van der Waals surface area (Å²) in [6, 6.07) is 41.6. The van der Waals surface area contributed by atoms with E-state index in [2.05, 4.69) is 74.5 Å². The van der Waals surface area contributed by atoms with Gasteiger partial charge in [-0.1, -0.05) is 111 Å². The molecular formula is C45H38N4O. The lowest BCUT2D eigenvalue weighted by molar-refractivity contribution is 0.0780. The van der Waals surface area contributed by atoms with E-state index in [4.69, 9.17) is 19.4 Å². The fourth-order valence-electron chi connectivity index (χ4n) is 9.28. The molecule has 5 nitrogen and oxygen atoms in total. The highest BCUT2D eigenvalue weighted by Gasteiger charge is 2.45. The lowest BCUT2D eigenvalue weighted by atomic mass is 9.54. The number of nitrogens with zero attached hydrogens (tertiary/aromatic N) is 4. The lowest BCUT2D eigenvalue weighted by Crippen LogP contribution is -2.42. The number of nitriles is 1. The zero-order valence-corrected chi connectivity index (χ0v) is 28.4.